The van der Waals surface area contributed by atoms with Crippen molar-refractivity contribution in [2.45, 2.75) is 38.8 Å². The van der Waals surface area contributed by atoms with Crippen molar-refractivity contribution in [2.75, 3.05) is 13.1 Å². The lowest BCUT2D eigenvalue weighted by molar-refractivity contribution is -0.136. The van der Waals surface area contributed by atoms with Crippen molar-refractivity contribution in [1.82, 2.24) is 10.2 Å². The fraction of sp³-hybridized carbons (Fsp3) is 0.533. The highest BCUT2D eigenvalue weighted by Crippen LogP contribution is 2.15. The molecule has 0 aliphatic carbocycles. The van der Waals surface area contributed by atoms with Crippen LogP contribution in [0.1, 0.15) is 31.7 Å². The summed E-state index contributed by atoms with van der Waals surface area (Å²) in [5.74, 6) is -0.105. The summed E-state index contributed by atoms with van der Waals surface area (Å²) in [7, 11) is 0. The van der Waals surface area contributed by atoms with Crippen LogP contribution in [0, 0.1) is 5.82 Å². The summed E-state index contributed by atoms with van der Waals surface area (Å²) >= 11 is 0. The Hall–Kier alpha value is -1.42. The molecule has 1 aromatic carbocycles. The average molecular weight is 264 g/mol. The molecule has 3 nitrogen and oxygen atoms in total. The molecule has 19 heavy (non-hydrogen) atoms. The summed E-state index contributed by atoms with van der Waals surface area (Å²) in [5.41, 5.74) is 0.851. The third kappa shape index (κ3) is 3.77. The number of benzene rings is 1. The molecule has 1 atom stereocenters. The van der Waals surface area contributed by atoms with Gasteiger partial charge in [0.2, 0.25) is 5.91 Å². The number of carbonyl (C=O) groups is 1. The molecule has 104 valence electrons. The van der Waals surface area contributed by atoms with Gasteiger partial charge in [-0.15, -0.1) is 0 Å². The smallest absolute Gasteiger partial charge is 0.240 e. The molecule has 1 amide bonds. The van der Waals surface area contributed by atoms with E-state index >= 15 is 0 Å². The van der Waals surface area contributed by atoms with Gasteiger partial charge in [-0.1, -0.05) is 19.1 Å². The van der Waals surface area contributed by atoms with Gasteiger partial charge in [0, 0.05) is 13.1 Å². The third-order valence-electron chi connectivity index (χ3n) is 3.43. The highest BCUT2D eigenvalue weighted by Gasteiger charge is 2.27. The van der Waals surface area contributed by atoms with Gasteiger partial charge in [-0.25, -0.2) is 4.39 Å². The van der Waals surface area contributed by atoms with Gasteiger partial charge >= 0.3 is 0 Å². The molecule has 1 saturated heterocycles. The number of hydrogen-bond donors (Lipinski definition) is 1. The van der Waals surface area contributed by atoms with Gasteiger partial charge < -0.3 is 10.2 Å². The second-order valence-corrected chi connectivity index (χ2v) is 5.04. The maximum atomic E-state index is 13.1. The van der Waals surface area contributed by atoms with Crippen LogP contribution >= 0.6 is 0 Å². The number of nitrogens with zero attached hydrogens (tertiary/aromatic N) is 1. The van der Waals surface area contributed by atoms with Crippen molar-refractivity contribution in [2.24, 2.45) is 0 Å². The van der Waals surface area contributed by atoms with Gasteiger partial charge in [0.25, 0.3) is 0 Å². The Morgan fingerprint density at radius 1 is 1.47 bits per heavy atom. The second-order valence-electron chi connectivity index (χ2n) is 5.04. The van der Waals surface area contributed by atoms with Gasteiger partial charge in [0.05, 0.1) is 6.04 Å². The molecule has 1 aliphatic heterocycles. The summed E-state index contributed by atoms with van der Waals surface area (Å²) in [6, 6.07) is 6.40. The van der Waals surface area contributed by atoms with Gasteiger partial charge in [-0.05, 0) is 43.5 Å². The number of hydrogen-bond acceptors (Lipinski definition) is 2. The lowest BCUT2D eigenvalue weighted by atomic mass is 10.0. The van der Waals surface area contributed by atoms with Gasteiger partial charge in [0.15, 0.2) is 0 Å². The first-order valence-electron chi connectivity index (χ1n) is 6.97. The maximum absolute atomic E-state index is 13.1. The average Bonchev–Trinajstić information content (AvgIpc) is 2.40. The molecule has 4 heteroatoms. The number of halogens is 1. The molecule has 0 radical (unpaired) electrons. The molecule has 1 N–H and O–H groups in total. The van der Waals surface area contributed by atoms with Crippen molar-refractivity contribution in [1.29, 1.82) is 0 Å². The van der Waals surface area contributed by atoms with Crippen LogP contribution in [0.2, 0.25) is 0 Å². The Morgan fingerprint density at radius 3 is 3.05 bits per heavy atom. The minimum Gasteiger partial charge on any atom is -0.337 e. The summed E-state index contributed by atoms with van der Waals surface area (Å²) in [5, 5.41) is 3.28. The highest BCUT2D eigenvalue weighted by molar-refractivity contribution is 5.82. The predicted molar refractivity (Wildman–Crippen MR) is 73.1 cm³/mol. The number of piperidine rings is 1. The molecule has 2 rings (SSSR count). The number of amides is 1. The molecule has 0 saturated carbocycles. The molecule has 1 aromatic rings. The number of likely N-dealkylation sites (tertiary alicyclic amines) is 1. The normalized spacial score (nSPS) is 19.8. The second kappa shape index (κ2) is 6.66. The van der Waals surface area contributed by atoms with Crippen molar-refractivity contribution in [3.63, 3.8) is 0 Å². The lowest BCUT2D eigenvalue weighted by Crippen LogP contribution is -2.50. The van der Waals surface area contributed by atoms with E-state index in [1.165, 1.54) is 12.1 Å². The van der Waals surface area contributed by atoms with Crippen LogP contribution in [0.4, 0.5) is 4.39 Å². The molecular formula is C15H21FN2O. The van der Waals surface area contributed by atoms with E-state index in [0.717, 1.165) is 37.9 Å². The first kappa shape index (κ1) is 14.0. The van der Waals surface area contributed by atoms with E-state index in [9.17, 15) is 9.18 Å². The zero-order chi connectivity index (χ0) is 13.7. The van der Waals surface area contributed by atoms with E-state index in [4.69, 9.17) is 0 Å². The maximum Gasteiger partial charge on any atom is 0.240 e. The Balaban J connectivity index is 1.97. The Bertz CT molecular complexity index is 436. The zero-order valence-corrected chi connectivity index (χ0v) is 11.4. The third-order valence-corrected chi connectivity index (χ3v) is 3.43. The van der Waals surface area contributed by atoms with E-state index in [-0.39, 0.29) is 17.8 Å². The topological polar surface area (TPSA) is 32.3 Å². The van der Waals surface area contributed by atoms with Crippen LogP contribution < -0.4 is 5.32 Å². The Kier molecular flexibility index (Phi) is 4.91. The molecule has 0 bridgehead atoms. The predicted octanol–water partition coefficient (Wildman–Crippen LogP) is 2.32. The van der Waals surface area contributed by atoms with Crippen LogP contribution in [-0.2, 0) is 11.3 Å². The fourth-order valence-electron chi connectivity index (χ4n) is 2.46. The van der Waals surface area contributed by atoms with Gasteiger partial charge in [-0.3, -0.25) is 4.79 Å². The standard InChI is InChI=1S/C15H21FN2O/c1-2-8-17-14-7-4-9-18(15(14)19)11-12-5-3-6-13(16)10-12/h3,5-6,10,14,17H,2,4,7-9,11H2,1H3. The summed E-state index contributed by atoms with van der Waals surface area (Å²) in [6.45, 7) is 4.22. The zero-order valence-electron chi connectivity index (χ0n) is 11.4. The summed E-state index contributed by atoms with van der Waals surface area (Å²) in [6.07, 6.45) is 2.93. The monoisotopic (exact) mass is 264 g/mol. The molecule has 0 aromatic heterocycles. The van der Waals surface area contributed by atoms with Gasteiger partial charge in [-0.2, -0.15) is 0 Å². The van der Waals surface area contributed by atoms with E-state index in [2.05, 4.69) is 12.2 Å². The van der Waals surface area contributed by atoms with Crippen molar-refractivity contribution >= 4 is 5.91 Å². The van der Waals surface area contributed by atoms with E-state index in [0.29, 0.717) is 6.54 Å². The largest absolute Gasteiger partial charge is 0.337 e. The fourth-order valence-corrected chi connectivity index (χ4v) is 2.46. The quantitative estimate of drug-likeness (QED) is 0.885. The van der Waals surface area contributed by atoms with E-state index < -0.39 is 0 Å². The summed E-state index contributed by atoms with van der Waals surface area (Å²) < 4.78 is 13.1. The molecule has 1 fully saturated rings. The number of nitrogens with one attached hydrogen (secondary N) is 1. The van der Waals surface area contributed by atoms with Crippen molar-refractivity contribution in [3.05, 3.63) is 35.6 Å². The van der Waals surface area contributed by atoms with E-state index in [1.54, 1.807) is 6.07 Å². The van der Waals surface area contributed by atoms with Gasteiger partial charge in [0.1, 0.15) is 5.82 Å². The highest BCUT2D eigenvalue weighted by atomic mass is 19.1. The lowest BCUT2D eigenvalue weighted by Gasteiger charge is -2.32. The summed E-state index contributed by atoms with van der Waals surface area (Å²) in [4.78, 5) is 14.1. The molecule has 1 unspecified atom stereocenters. The molecule has 1 heterocycles. The Morgan fingerprint density at radius 2 is 2.32 bits per heavy atom. The number of carbonyl (C=O) groups excluding carboxylic acids is 1. The van der Waals surface area contributed by atoms with Crippen LogP contribution in [0.5, 0.6) is 0 Å². The van der Waals surface area contributed by atoms with Crippen molar-refractivity contribution in [3.8, 4) is 0 Å². The van der Waals surface area contributed by atoms with E-state index in [1.807, 2.05) is 11.0 Å². The Labute approximate surface area is 113 Å². The molecule has 0 spiro atoms. The molecular weight excluding hydrogens is 243 g/mol. The van der Waals surface area contributed by atoms with Crippen LogP contribution in [-0.4, -0.2) is 29.9 Å². The molecule has 1 aliphatic rings. The first-order valence-corrected chi connectivity index (χ1v) is 6.97. The van der Waals surface area contributed by atoms with Crippen molar-refractivity contribution < 1.29 is 9.18 Å². The SMILES string of the molecule is CCCNC1CCCN(Cc2cccc(F)c2)C1=O. The van der Waals surface area contributed by atoms with Crippen LogP contribution in [0.15, 0.2) is 24.3 Å². The van der Waals surface area contributed by atoms with Crippen LogP contribution in [0.3, 0.4) is 0 Å². The minimum absolute atomic E-state index is 0.0674. The van der Waals surface area contributed by atoms with Crippen LogP contribution in [0.25, 0.3) is 0 Å². The number of rotatable bonds is 5. The minimum atomic E-state index is -0.248. The first-order chi connectivity index (χ1) is 9.20.